The normalized spacial score (nSPS) is 33.1. The van der Waals surface area contributed by atoms with Crippen molar-refractivity contribution in [1.29, 1.82) is 0 Å². The van der Waals surface area contributed by atoms with Gasteiger partial charge < -0.3 is 29.5 Å². The lowest BCUT2D eigenvalue weighted by Crippen LogP contribution is -2.81. The van der Waals surface area contributed by atoms with Gasteiger partial charge in [-0.15, -0.1) is 0 Å². The molecule has 0 bridgehead atoms. The van der Waals surface area contributed by atoms with Gasteiger partial charge in [-0.05, 0) is 26.3 Å². The summed E-state index contributed by atoms with van der Waals surface area (Å²) in [5.74, 6) is -2.93. The molecule has 0 radical (unpaired) electrons. The Morgan fingerprint density at radius 1 is 1.07 bits per heavy atom. The number of aliphatic hydroxyl groups excluding tert-OH is 1. The fraction of sp³-hybridized carbons (Fsp3) is 0.550. The molecule has 1 heterocycles. The van der Waals surface area contributed by atoms with E-state index < -0.39 is 53.2 Å². The van der Waals surface area contributed by atoms with Crippen LogP contribution < -0.4 is 0 Å². The first-order valence-electron chi connectivity index (χ1n) is 9.00. The monoisotopic (exact) mass is 410 g/mol. The van der Waals surface area contributed by atoms with Gasteiger partial charge in [-0.3, -0.25) is 14.4 Å². The molecule has 1 aromatic rings. The highest BCUT2D eigenvalue weighted by molar-refractivity contribution is 5.99. The Morgan fingerprint density at radius 2 is 1.62 bits per heavy atom. The van der Waals surface area contributed by atoms with Gasteiger partial charge >= 0.3 is 0 Å². The number of ether oxygens (including phenoxy) is 3. The summed E-state index contributed by atoms with van der Waals surface area (Å²) in [4.78, 5) is 36.7. The van der Waals surface area contributed by atoms with Crippen LogP contribution in [0.25, 0.3) is 0 Å². The standard InChI is InChI=1S/C20H26O9/c1-11(21)15(24)16-19(25,12(2)22)20(26,13(3)23)17(18(27-4)29-16)28-10-14-8-6-5-7-9-14/h5-9,15-18,24-26H,10H2,1-4H3/t15?,16-,17+,18-,19-,20-/m1/s1. The first kappa shape index (κ1) is 23.3. The van der Waals surface area contributed by atoms with Crippen molar-refractivity contribution in [2.24, 2.45) is 0 Å². The maximum atomic E-state index is 12.5. The van der Waals surface area contributed by atoms with Crippen LogP contribution in [0.3, 0.4) is 0 Å². The molecule has 0 saturated carbocycles. The van der Waals surface area contributed by atoms with E-state index in [2.05, 4.69) is 0 Å². The molecule has 1 unspecified atom stereocenters. The van der Waals surface area contributed by atoms with Gasteiger partial charge in [-0.2, -0.15) is 0 Å². The second-order valence-electron chi connectivity index (χ2n) is 7.08. The van der Waals surface area contributed by atoms with Crippen molar-refractivity contribution < 1.29 is 43.9 Å². The molecule has 1 aromatic carbocycles. The van der Waals surface area contributed by atoms with Gasteiger partial charge in [0.1, 0.15) is 18.3 Å². The fourth-order valence-corrected chi connectivity index (χ4v) is 3.54. The van der Waals surface area contributed by atoms with Crippen molar-refractivity contribution in [2.75, 3.05) is 7.11 Å². The molecule has 1 aliphatic heterocycles. The summed E-state index contributed by atoms with van der Waals surface area (Å²) in [5, 5.41) is 32.8. The van der Waals surface area contributed by atoms with Crippen molar-refractivity contribution in [3.63, 3.8) is 0 Å². The second kappa shape index (κ2) is 8.78. The maximum Gasteiger partial charge on any atom is 0.192 e. The van der Waals surface area contributed by atoms with E-state index in [1.54, 1.807) is 30.3 Å². The molecule has 1 fully saturated rings. The number of carbonyl (C=O) groups excluding carboxylic acids is 3. The van der Waals surface area contributed by atoms with E-state index in [1.807, 2.05) is 0 Å². The van der Waals surface area contributed by atoms with E-state index in [-0.39, 0.29) is 6.61 Å². The van der Waals surface area contributed by atoms with E-state index in [4.69, 9.17) is 14.2 Å². The highest BCUT2D eigenvalue weighted by Gasteiger charge is 2.72. The highest BCUT2D eigenvalue weighted by Crippen LogP contribution is 2.43. The number of hydrogen-bond donors (Lipinski definition) is 3. The Kier molecular flexibility index (Phi) is 7.05. The SMILES string of the molecule is CO[C@@H]1O[C@H](C(O)C(C)=O)[C@](O)(C(C)=O)[C@@](O)(C(C)=O)[C@H]1OCc1ccccc1. The van der Waals surface area contributed by atoms with E-state index >= 15 is 0 Å². The number of Topliss-reactive ketones (excluding diaryl/α,β-unsaturated/α-hetero) is 3. The minimum atomic E-state index is -2.96. The highest BCUT2D eigenvalue weighted by atomic mass is 16.7. The van der Waals surface area contributed by atoms with E-state index in [0.717, 1.165) is 20.8 Å². The lowest BCUT2D eigenvalue weighted by atomic mass is 9.66. The molecule has 29 heavy (non-hydrogen) atoms. The van der Waals surface area contributed by atoms with Crippen LogP contribution in [-0.2, 0) is 35.2 Å². The van der Waals surface area contributed by atoms with Crippen molar-refractivity contribution >= 4 is 17.3 Å². The number of rotatable bonds is 8. The third-order valence-corrected chi connectivity index (χ3v) is 5.21. The summed E-state index contributed by atoms with van der Waals surface area (Å²) in [7, 11) is 1.19. The summed E-state index contributed by atoms with van der Waals surface area (Å²) in [6, 6.07) is 8.77. The Balaban J connectivity index is 2.56. The van der Waals surface area contributed by atoms with Crippen LogP contribution in [0, 0.1) is 0 Å². The Labute approximate surface area is 168 Å². The molecule has 160 valence electrons. The molecule has 9 heteroatoms. The zero-order valence-corrected chi connectivity index (χ0v) is 16.7. The summed E-state index contributed by atoms with van der Waals surface area (Å²) >= 11 is 0. The Hall–Kier alpha value is -2.01. The lowest BCUT2D eigenvalue weighted by molar-refractivity contribution is -0.353. The minimum absolute atomic E-state index is 0.0990. The van der Waals surface area contributed by atoms with Gasteiger partial charge in [0.25, 0.3) is 0 Å². The number of carbonyl (C=O) groups is 3. The van der Waals surface area contributed by atoms with E-state index in [1.165, 1.54) is 7.11 Å². The number of benzene rings is 1. The largest absolute Gasteiger partial charge is 0.382 e. The number of ketones is 3. The zero-order valence-electron chi connectivity index (χ0n) is 16.7. The molecule has 9 nitrogen and oxygen atoms in total. The Bertz CT molecular complexity index is 764. The van der Waals surface area contributed by atoms with Crippen LogP contribution in [0.1, 0.15) is 26.3 Å². The fourth-order valence-electron chi connectivity index (χ4n) is 3.54. The van der Waals surface area contributed by atoms with E-state index in [0.29, 0.717) is 5.56 Å². The Morgan fingerprint density at radius 3 is 2.07 bits per heavy atom. The van der Waals surface area contributed by atoms with E-state index in [9.17, 15) is 29.7 Å². The van der Waals surface area contributed by atoms with Crippen LogP contribution >= 0.6 is 0 Å². The average Bonchev–Trinajstić information content (AvgIpc) is 2.68. The topological polar surface area (TPSA) is 140 Å². The molecule has 2 rings (SSSR count). The number of hydrogen-bond acceptors (Lipinski definition) is 9. The third kappa shape index (κ3) is 3.89. The maximum absolute atomic E-state index is 12.5. The molecule has 6 atom stereocenters. The average molecular weight is 410 g/mol. The molecule has 3 N–H and O–H groups in total. The van der Waals surface area contributed by atoms with Crippen molar-refractivity contribution in [2.45, 2.75) is 63.2 Å². The van der Waals surface area contributed by atoms with Gasteiger partial charge in [0.15, 0.2) is 34.8 Å². The summed E-state index contributed by atoms with van der Waals surface area (Å²) < 4.78 is 16.3. The van der Waals surface area contributed by atoms with Gasteiger partial charge in [-0.25, -0.2) is 0 Å². The van der Waals surface area contributed by atoms with Gasteiger partial charge in [0.05, 0.1) is 6.61 Å². The molecule has 0 aliphatic carbocycles. The molecule has 0 aromatic heterocycles. The van der Waals surface area contributed by atoms with Crippen LogP contribution in [0.15, 0.2) is 30.3 Å². The third-order valence-electron chi connectivity index (χ3n) is 5.21. The lowest BCUT2D eigenvalue weighted by Gasteiger charge is -2.54. The molecule has 0 amide bonds. The van der Waals surface area contributed by atoms with Crippen molar-refractivity contribution in [3.05, 3.63) is 35.9 Å². The summed E-state index contributed by atoms with van der Waals surface area (Å²) in [5.41, 5.74) is -5.13. The predicted octanol–water partition coefficient (Wildman–Crippen LogP) is -0.467. The van der Waals surface area contributed by atoms with Gasteiger partial charge in [-0.1, -0.05) is 30.3 Å². The van der Waals surface area contributed by atoms with Gasteiger partial charge in [0.2, 0.25) is 0 Å². The smallest absolute Gasteiger partial charge is 0.192 e. The molecular formula is C20H26O9. The molecule has 0 spiro atoms. The van der Waals surface area contributed by atoms with Crippen LogP contribution in [0.4, 0.5) is 0 Å². The number of aliphatic hydroxyl groups is 3. The van der Waals surface area contributed by atoms with Crippen LogP contribution in [-0.4, -0.2) is 75.6 Å². The first-order chi connectivity index (χ1) is 13.5. The first-order valence-corrected chi connectivity index (χ1v) is 9.00. The predicted molar refractivity (Wildman–Crippen MR) is 98.6 cm³/mol. The second-order valence-corrected chi connectivity index (χ2v) is 7.08. The molecular weight excluding hydrogens is 384 g/mol. The summed E-state index contributed by atoms with van der Waals surface area (Å²) in [6.45, 7) is 2.79. The molecule has 1 saturated heterocycles. The minimum Gasteiger partial charge on any atom is -0.382 e. The van der Waals surface area contributed by atoms with Crippen LogP contribution in [0.5, 0.6) is 0 Å². The van der Waals surface area contributed by atoms with Gasteiger partial charge in [0, 0.05) is 7.11 Å². The zero-order chi connectivity index (χ0) is 22.0. The van der Waals surface area contributed by atoms with Crippen LogP contribution in [0.2, 0.25) is 0 Å². The van der Waals surface area contributed by atoms with Crippen molar-refractivity contribution in [1.82, 2.24) is 0 Å². The van der Waals surface area contributed by atoms with Crippen molar-refractivity contribution in [3.8, 4) is 0 Å². The number of methoxy groups -OCH3 is 1. The quantitative estimate of drug-likeness (QED) is 0.519. The molecule has 1 aliphatic rings. The summed E-state index contributed by atoms with van der Waals surface area (Å²) in [6.07, 6.45) is -7.05.